The van der Waals surface area contributed by atoms with Crippen LogP contribution < -0.4 is 15.4 Å². The van der Waals surface area contributed by atoms with E-state index in [0.29, 0.717) is 19.5 Å². The maximum atomic E-state index is 11.9. The van der Waals surface area contributed by atoms with Crippen LogP contribution >= 0.6 is 15.9 Å². The molecule has 0 bridgehead atoms. The molecular formula is C18H21BrN2O2. The van der Waals surface area contributed by atoms with E-state index in [-0.39, 0.29) is 5.91 Å². The number of nitrogens with one attached hydrogen (secondary N) is 2. The first-order chi connectivity index (χ1) is 11.1. The van der Waals surface area contributed by atoms with Crippen molar-refractivity contribution in [3.05, 3.63) is 58.1 Å². The second-order valence-corrected chi connectivity index (χ2v) is 6.12. The first-order valence-electron chi connectivity index (χ1n) is 7.48. The third-order valence-corrected chi connectivity index (χ3v) is 4.36. The molecule has 4 nitrogen and oxygen atoms in total. The van der Waals surface area contributed by atoms with Gasteiger partial charge >= 0.3 is 0 Å². The minimum Gasteiger partial charge on any atom is -0.497 e. The van der Waals surface area contributed by atoms with E-state index in [0.717, 1.165) is 21.5 Å². The number of hydrogen-bond donors (Lipinski definition) is 2. The van der Waals surface area contributed by atoms with Crippen molar-refractivity contribution in [3.63, 3.8) is 0 Å². The fraction of sp³-hybridized carbons (Fsp3) is 0.278. The summed E-state index contributed by atoms with van der Waals surface area (Å²) in [6, 6.07) is 13.7. The molecule has 2 N–H and O–H groups in total. The number of carbonyl (C=O) groups is 1. The SMILES string of the molecule is COc1ccc(CNC(=O)CCNc2ccc(C)c(Br)c2)cc1. The lowest BCUT2D eigenvalue weighted by molar-refractivity contribution is -0.121. The van der Waals surface area contributed by atoms with Crippen molar-refractivity contribution in [3.8, 4) is 5.75 Å². The zero-order valence-electron chi connectivity index (χ0n) is 13.4. The monoisotopic (exact) mass is 376 g/mol. The van der Waals surface area contributed by atoms with Crippen molar-refractivity contribution >= 4 is 27.5 Å². The van der Waals surface area contributed by atoms with E-state index in [2.05, 4.69) is 26.6 Å². The summed E-state index contributed by atoms with van der Waals surface area (Å²) in [5, 5.41) is 6.16. The van der Waals surface area contributed by atoms with Crippen LogP contribution in [-0.4, -0.2) is 19.6 Å². The number of carbonyl (C=O) groups excluding carboxylic acids is 1. The number of ether oxygens (including phenoxy) is 1. The Kier molecular flexibility index (Phi) is 6.47. The first kappa shape index (κ1) is 17.3. The Morgan fingerprint density at radius 2 is 1.91 bits per heavy atom. The highest BCUT2D eigenvalue weighted by atomic mass is 79.9. The van der Waals surface area contributed by atoms with Crippen molar-refractivity contribution in [2.24, 2.45) is 0 Å². The summed E-state index contributed by atoms with van der Waals surface area (Å²) in [7, 11) is 1.64. The lowest BCUT2D eigenvalue weighted by Gasteiger charge is -2.09. The van der Waals surface area contributed by atoms with Gasteiger partial charge in [0.15, 0.2) is 0 Å². The summed E-state index contributed by atoms with van der Waals surface area (Å²) < 4.78 is 6.17. The van der Waals surface area contributed by atoms with Gasteiger partial charge in [-0.1, -0.05) is 34.1 Å². The van der Waals surface area contributed by atoms with Crippen LogP contribution in [0.4, 0.5) is 5.69 Å². The van der Waals surface area contributed by atoms with Crippen molar-refractivity contribution in [2.45, 2.75) is 19.9 Å². The van der Waals surface area contributed by atoms with Gasteiger partial charge in [0, 0.05) is 29.7 Å². The molecule has 0 heterocycles. The van der Waals surface area contributed by atoms with Gasteiger partial charge in [0.05, 0.1) is 7.11 Å². The number of amides is 1. The van der Waals surface area contributed by atoms with Crippen LogP contribution in [0.25, 0.3) is 0 Å². The Labute approximate surface area is 145 Å². The van der Waals surface area contributed by atoms with Crippen LogP contribution in [-0.2, 0) is 11.3 Å². The fourth-order valence-corrected chi connectivity index (χ4v) is 2.43. The van der Waals surface area contributed by atoms with Gasteiger partial charge in [-0.15, -0.1) is 0 Å². The highest BCUT2D eigenvalue weighted by Crippen LogP contribution is 2.20. The maximum absolute atomic E-state index is 11.9. The van der Waals surface area contributed by atoms with E-state index in [4.69, 9.17) is 4.74 Å². The largest absolute Gasteiger partial charge is 0.497 e. The highest BCUT2D eigenvalue weighted by Gasteiger charge is 2.02. The summed E-state index contributed by atoms with van der Waals surface area (Å²) in [4.78, 5) is 11.9. The van der Waals surface area contributed by atoms with Crippen LogP contribution in [0.15, 0.2) is 46.9 Å². The standard InChI is InChI=1S/C18H21BrN2O2/c1-13-3-6-15(11-17(13)19)20-10-9-18(22)21-12-14-4-7-16(23-2)8-5-14/h3-8,11,20H,9-10,12H2,1-2H3,(H,21,22). The molecule has 0 aliphatic carbocycles. The molecule has 5 heteroatoms. The Morgan fingerprint density at radius 3 is 2.57 bits per heavy atom. The molecule has 0 atom stereocenters. The normalized spacial score (nSPS) is 10.2. The van der Waals surface area contributed by atoms with Crippen molar-refractivity contribution in [1.82, 2.24) is 5.32 Å². The average molecular weight is 377 g/mol. The van der Waals surface area contributed by atoms with Gasteiger partial charge in [-0.25, -0.2) is 0 Å². The second-order valence-electron chi connectivity index (χ2n) is 5.27. The summed E-state index contributed by atoms with van der Waals surface area (Å²) in [6.07, 6.45) is 0.432. The van der Waals surface area contributed by atoms with Crippen molar-refractivity contribution in [1.29, 1.82) is 0 Å². The van der Waals surface area contributed by atoms with Crippen LogP contribution in [0.2, 0.25) is 0 Å². The van der Waals surface area contributed by atoms with E-state index >= 15 is 0 Å². The van der Waals surface area contributed by atoms with Crippen molar-refractivity contribution in [2.75, 3.05) is 19.0 Å². The van der Waals surface area contributed by atoms with E-state index in [1.807, 2.05) is 49.4 Å². The van der Waals surface area contributed by atoms with Gasteiger partial charge in [-0.3, -0.25) is 4.79 Å². The molecule has 0 radical (unpaired) electrons. The minimum atomic E-state index is 0.0273. The Hall–Kier alpha value is -2.01. The molecule has 2 aromatic carbocycles. The van der Waals surface area contributed by atoms with Gasteiger partial charge in [0.2, 0.25) is 5.91 Å². The zero-order chi connectivity index (χ0) is 16.7. The van der Waals surface area contributed by atoms with E-state index in [9.17, 15) is 4.79 Å². The van der Waals surface area contributed by atoms with Gasteiger partial charge < -0.3 is 15.4 Å². The Balaban J connectivity index is 1.71. The van der Waals surface area contributed by atoms with Gasteiger partial charge in [0.1, 0.15) is 5.75 Å². The van der Waals surface area contributed by atoms with Crippen LogP contribution in [0.3, 0.4) is 0 Å². The Bertz CT molecular complexity index is 657. The zero-order valence-corrected chi connectivity index (χ0v) is 14.9. The Morgan fingerprint density at radius 1 is 1.17 bits per heavy atom. The molecule has 122 valence electrons. The molecular weight excluding hydrogens is 356 g/mol. The maximum Gasteiger partial charge on any atom is 0.222 e. The second kappa shape index (κ2) is 8.58. The predicted molar refractivity (Wildman–Crippen MR) is 96.8 cm³/mol. The van der Waals surface area contributed by atoms with Gasteiger partial charge in [-0.2, -0.15) is 0 Å². The number of hydrogen-bond acceptors (Lipinski definition) is 3. The minimum absolute atomic E-state index is 0.0273. The number of benzene rings is 2. The number of halogens is 1. The van der Waals surface area contributed by atoms with Crippen LogP contribution in [0.5, 0.6) is 5.75 Å². The van der Waals surface area contributed by atoms with Gasteiger partial charge in [-0.05, 0) is 42.3 Å². The molecule has 0 aromatic heterocycles. The molecule has 0 aliphatic rings. The molecule has 0 spiro atoms. The average Bonchev–Trinajstić information content (AvgIpc) is 2.56. The number of anilines is 1. The number of methoxy groups -OCH3 is 1. The van der Waals surface area contributed by atoms with E-state index in [1.165, 1.54) is 5.56 Å². The third-order valence-electron chi connectivity index (χ3n) is 3.50. The molecule has 0 saturated heterocycles. The molecule has 0 fully saturated rings. The summed E-state index contributed by atoms with van der Waals surface area (Å²) >= 11 is 3.50. The fourth-order valence-electron chi connectivity index (χ4n) is 2.06. The van der Waals surface area contributed by atoms with Crippen LogP contribution in [0, 0.1) is 6.92 Å². The molecule has 0 unspecified atom stereocenters. The quantitative estimate of drug-likeness (QED) is 0.770. The smallest absolute Gasteiger partial charge is 0.222 e. The molecule has 0 saturated carbocycles. The van der Waals surface area contributed by atoms with E-state index < -0.39 is 0 Å². The number of aryl methyl sites for hydroxylation is 1. The van der Waals surface area contributed by atoms with Crippen LogP contribution in [0.1, 0.15) is 17.5 Å². The van der Waals surface area contributed by atoms with Crippen molar-refractivity contribution < 1.29 is 9.53 Å². The molecule has 23 heavy (non-hydrogen) atoms. The molecule has 2 rings (SSSR count). The summed E-state index contributed by atoms with van der Waals surface area (Å²) in [6.45, 7) is 3.17. The lowest BCUT2D eigenvalue weighted by Crippen LogP contribution is -2.24. The molecule has 2 aromatic rings. The number of rotatable bonds is 7. The lowest BCUT2D eigenvalue weighted by atomic mass is 10.2. The van der Waals surface area contributed by atoms with E-state index in [1.54, 1.807) is 7.11 Å². The van der Waals surface area contributed by atoms with Gasteiger partial charge in [0.25, 0.3) is 0 Å². The molecule has 1 amide bonds. The summed E-state index contributed by atoms with van der Waals surface area (Å²) in [5.41, 5.74) is 3.24. The third kappa shape index (κ3) is 5.60. The topological polar surface area (TPSA) is 50.4 Å². The summed E-state index contributed by atoms with van der Waals surface area (Å²) in [5.74, 6) is 0.841. The highest BCUT2D eigenvalue weighted by molar-refractivity contribution is 9.10. The first-order valence-corrected chi connectivity index (χ1v) is 8.27. The predicted octanol–water partition coefficient (Wildman–Crippen LogP) is 3.88. The molecule has 0 aliphatic heterocycles.